The van der Waals surface area contributed by atoms with Gasteiger partial charge in [-0.15, -0.1) is 0 Å². The first-order valence-corrected chi connectivity index (χ1v) is 3.32. The fraction of sp³-hybridized carbons (Fsp3) is 0.571. The van der Waals surface area contributed by atoms with E-state index in [-0.39, 0.29) is 0 Å². The molecule has 0 aliphatic heterocycles. The van der Waals surface area contributed by atoms with Crippen LogP contribution in [-0.2, 0) is 6.42 Å². The summed E-state index contributed by atoms with van der Waals surface area (Å²) in [7, 11) is 4.06. The summed E-state index contributed by atoms with van der Waals surface area (Å²) in [6, 6.07) is 0. The molecule has 0 aliphatic carbocycles. The van der Waals surface area contributed by atoms with Gasteiger partial charge in [-0.25, -0.2) is 4.98 Å². The third kappa shape index (κ3) is 2.19. The zero-order valence-corrected chi connectivity index (χ0v) is 6.37. The Balaban J connectivity index is 2.28. The topological polar surface area (TPSA) is 29.3 Å². The zero-order chi connectivity index (χ0) is 7.40. The Labute approximate surface area is 60.7 Å². The van der Waals surface area contributed by atoms with Gasteiger partial charge in [0.1, 0.15) is 6.26 Å². The Morgan fingerprint density at radius 3 is 2.90 bits per heavy atom. The van der Waals surface area contributed by atoms with E-state index in [0.29, 0.717) is 0 Å². The summed E-state index contributed by atoms with van der Waals surface area (Å²) in [4.78, 5) is 6.10. The monoisotopic (exact) mass is 140 g/mol. The third-order valence-electron chi connectivity index (χ3n) is 1.26. The molecular formula is C7H12N2O. The second-order valence-electron chi connectivity index (χ2n) is 2.48. The van der Waals surface area contributed by atoms with E-state index in [4.69, 9.17) is 4.42 Å². The average Bonchev–Trinajstić information content (AvgIpc) is 2.34. The maximum absolute atomic E-state index is 5.05. The van der Waals surface area contributed by atoms with Crippen LogP contribution in [0.15, 0.2) is 16.9 Å². The van der Waals surface area contributed by atoms with E-state index in [0.717, 1.165) is 18.9 Å². The number of likely N-dealkylation sites (N-methyl/N-ethyl adjacent to an activating group) is 1. The first-order valence-electron chi connectivity index (χ1n) is 3.32. The first kappa shape index (κ1) is 7.28. The van der Waals surface area contributed by atoms with Crippen molar-refractivity contribution in [3.8, 4) is 0 Å². The van der Waals surface area contributed by atoms with Crippen molar-refractivity contribution < 1.29 is 4.42 Å². The summed E-state index contributed by atoms with van der Waals surface area (Å²) in [5.41, 5.74) is 0. The lowest BCUT2D eigenvalue weighted by Crippen LogP contribution is -2.15. The van der Waals surface area contributed by atoms with Crippen molar-refractivity contribution in [1.82, 2.24) is 9.88 Å². The summed E-state index contributed by atoms with van der Waals surface area (Å²) in [5.74, 6) is 0.814. The van der Waals surface area contributed by atoms with Gasteiger partial charge in [0.25, 0.3) is 0 Å². The van der Waals surface area contributed by atoms with E-state index >= 15 is 0 Å². The molecule has 0 bridgehead atoms. The Morgan fingerprint density at radius 2 is 2.40 bits per heavy atom. The van der Waals surface area contributed by atoms with E-state index in [1.54, 1.807) is 12.5 Å². The van der Waals surface area contributed by atoms with Gasteiger partial charge in [0.2, 0.25) is 0 Å². The van der Waals surface area contributed by atoms with Crippen LogP contribution in [0.5, 0.6) is 0 Å². The molecule has 0 saturated carbocycles. The summed E-state index contributed by atoms with van der Waals surface area (Å²) in [5, 5.41) is 0. The van der Waals surface area contributed by atoms with E-state index in [9.17, 15) is 0 Å². The van der Waals surface area contributed by atoms with E-state index in [1.165, 1.54) is 0 Å². The van der Waals surface area contributed by atoms with E-state index < -0.39 is 0 Å². The molecule has 10 heavy (non-hydrogen) atoms. The smallest absolute Gasteiger partial charge is 0.195 e. The van der Waals surface area contributed by atoms with Gasteiger partial charge in [0.05, 0.1) is 6.20 Å². The summed E-state index contributed by atoms with van der Waals surface area (Å²) >= 11 is 0. The number of hydrogen-bond donors (Lipinski definition) is 0. The van der Waals surface area contributed by atoms with Crippen LogP contribution in [0.3, 0.4) is 0 Å². The molecule has 1 aromatic heterocycles. The van der Waals surface area contributed by atoms with Gasteiger partial charge in [-0.2, -0.15) is 0 Å². The maximum Gasteiger partial charge on any atom is 0.195 e. The highest BCUT2D eigenvalue weighted by molar-refractivity contribution is 4.80. The molecular weight excluding hydrogens is 128 g/mol. The van der Waals surface area contributed by atoms with Gasteiger partial charge >= 0.3 is 0 Å². The molecule has 0 aromatic carbocycles. The minimum absolute atomic E-state index is 0.814. The van der Waals surface area contributed by atoms with Gasteiger partial charge in [0.15, 0.2) is 5.89 Å². The predicted octanol–water partition coefficient (Wildman–Crippen LogP) is 0.779. The number of nitrogens with zero attached hydrogens (tertiary/aromatic N) is 2. The SMILES string of the molecule is CN(C)CCc1ncco1. The third-order valence-corrected chi connectivity index (χ3v) is 1.26. The minimum Gasteiger partial charge on any atom is -0.449 e. The van der Waals surface area contributed by atoms with Gasteiger partial charge in [0, 0.05) is 13.0 Å². The van der Waals surface area contributed by atoms with Crippen molar-refractivity contribution in [2.45, 2.75) is 6.42 Å². The van der Waals surface area contributed by atoms with Crippen LogP contribution in [0, 0.1) is 0 Å². The zero-order valence-electron chi connectivity index (χ0n) is 6.37. The summed E-state index contributed by atoms with van der Waals surface area (Å²) in [6.45, 7) is 0.987. The normalized spacial score (nSPS) is 10.7. The lowest BCUT2D eigenvalue weighted by atomic mass is 10.4. The van der Waals surface area contributed by atoms with Crippen LogP contribution in [0.2, 0.25) is 0 Å². The maximum atomic E-state index is 5.05. The van der Waals surface area contributed by atoms with Crippen molar-refractivity contribution in [3.05, 3.63) is 18.4 Å². The fourth-order valence-corrected chi connectivity index (χ4v) is 0.696. The Bertz CT molecular complexity index is 170. The molecule has 0 radical (unpaired) electrons. The molecule has 1 heterocycles. The molecule has 0 spiro atoms. The molecule has 1 rings (SSSR count). The van der Waals surface area contributed by atoms with Crippen molar-refractivity contribution in [3.63, 3.8) is 0 Å². The molecule has 0 fully saturated rings. The van der Waals surface area contributed by atoms with Crippen LogP contribution in [0.4, 0.5) is 0 Å². The average molecular weight is 140 g/mol. The van der Waals surface area contributed by atoms with Crippen molar-refractivity contribution >= 4 is 0 Å². The molecule has 56 valence electrons. The number of oxazole rings is 1. The molecule has 0 amide bonds. The highest BCUT2D eigenvalue weighted by Gasteiger charge is 1.96. The highest BCUT2D eigenvalue weighted by Crippen LogP contribution is 1.95. The van der Waals surface area contributed by atoms with Gasteiger partial charge in [-0.3, -0.25) is 0 Å². The van der Waals surface area contributed by atoms with Gasteiger partial charge < -0.3 is 9.32 Å². The predicted molar refractivity (Wildman–Crippen MR) is 38.8 cm³/mol. The lowest BCUT2D eigenvalue weighted by molar-refractivity contribution is 0.384. The first-order chi connectivity index (χ1) is 4.79. The van der Waals surface area contributed by atoms with E-state index in [1.807, 2.05) is 14.1 Å². The van der Waals surface area contributed by atoms with Crippen LogP contribution in [0.1, 0.15) is 5.89 Å². The fourth-order valence-electron chi connectivity index (χ4n) is 0.696. The van der Waals surface area contributed by atoms with Crippen LogP contribution in [-0.4, -0.2) is 30.5 Å². The van der Waals surface area contributed by atoms with E-state index in [2.05, 4.69) is 9.88 Å². The molecule has 0 atom stereocenters. The molecule has 0 aliphatic rings. The van der Waals surface area contributed by atoms with Crippen LogP contribution < -0.4 is 0 Å². The molecule has 3 heteroatoms. The Kier molecular flexibility index (Phi) is 2.45. The molecule has 1 aromatic rings. The minimum atomic E-state index is 0.814. The van der Waals surface area contributed by atoms with Gasteiger partial charge in [-0.05, 0) is 14.1 Å². The number of hydrogen-bond acceptors (Lipinski definition) is 3. The second-order valence-corrected chi connectivity index (χ2v) is 2.48. The second kappa shape index (κ2) is 3.37. The molecule has 0 saturated heterocycles. The molecule has 0 N–H and O–H groups in total. The molecule has 3 nitrogen and oxygen atoms in total. The van der Waals surface area contributed by atoms with Crippen molar-refractivity contribution in [2.75, 3.05) is 20.6 Å². The van der Waals surface area contributed by atoms with Crippen LogP contribution in [0.25, 0.3) is 0 Å². The molecule has 0 unspecified atom stereocenters. The van der Waals surface area contributed by atoms with Crippen LogP contribution >= 0.6 is 0 Å². The summed E-state index contributed by atoms with van der Waals surface area (Å²) in [6.07, 6.45) is 4.16. The standard InChI is InChI=1S/C7H12N2O/c1-9(2)5-3-7-8-4-6-10-7/h4,6H,3,5H2,1-2H3. The quantitative estimate of drug-likeness (QED) is 0.621. The largest absolute Gasteiger partial charge is 0.449 e. The summed E-state index contributed by atoms with van der Waals surface area (Å²) < 4.78 is 5.05. The number of rotatable bonds is 3. The Morgan fingerprint density at radius 1 is 1.60 bits per heavy atom. The van der Waals surface area contributed by atoms with Crippen molar-refractivity contribution in [1.29, 1.82) is 0 Å². The lowest BCUT2D eigenvalue weighted by Gasteiger charge is -2.05. The van der Waals surface area contributed by atoms with Crippen molar-refractivity contribution in [2.24, 2.45) is 0 Å². The van der Waals surface area contributed by atoms with Gasteiger partial charge in [-0.1, -0.05) is 0 Å². The Hall–Kier alpha value is -0.830. The highest BCUT2D eigenvalue weighted by atomic mass is 16.3. The number of aromatic nitrogens is 1.